The quantitative estimate of drug-likeness (QED) is 0.735. The van der Waals surface area contributed by atoms with Gasteiger partial charge in [-0.15, -0.1) is 0 Å². The predicted octanol–water partition coefficient (Wildman–Crippen LogP) is 2.94. The minimum Gasteiger partial charge on any atom is -0.493 e. The highest BCUT2D eigenvalue weighted by molar-refractivity contribution is 6.20. The number of benzene rings is 1. The van der Waals surface area contributed by atoms with Crippen molar-refractivity contribution in [1.82, 2.24) is 0 Å². The van der Waals surface area contributed by atoms with E-state index in [4.69, 9.17) is 9.47 Å². The molecule has 0 atom stereocenters. The molecule has 0 amide bonds. The Labute approximate surface area is 102 Å². The van der Waals surface area contributed by atoms with Crippen LogP contribution in [0.2, 0.25) is 0 Å². The Kier molecular flexibility index (Phi) is 4.32. The molecule has 0 radical (unpaired) electrons. The topological polar surface area (TPSA) is 35.5 Å². The molecule has 0 saturated carbocycles. The van der Waals surface area contributed by atoms with Gasteiger partial charge >= 0.3 is 0 Å². The lowest BCUT2D eigenvalue weighted by atomic mass is 9.96. The first-order chi connectivity index (χ1) is 8.01. The normalized spacial score (nSPS) is 10.2. The molecule has 92 valence electrons. The van der Waals surface area contributed by atoms with Crippen molar-refractivity contribution < 1.29 is 14.3 Å². The molecule has 3 nitrogen and oxygen atoms in total. The summed E-state index contributed by atoms with van der Waals surface area (Å²) in [6.45, 7) is 7.54. The van der Waals surface area contributed by atoms with Crippen LogP contribution in [-0.2, 0) is 4.79 Å². The molecule has 0 bridgehead atoms. The molecule has 1 aromatic rings. The standard InChI is InChI=1S/C14H18O3/c1-9(2)14(15)10(3)11-6-7-12(16-4)13(8-11)17-5/h6-9H,3H2,1-2,4-5H3. The summed E-state index contributed by atoms with van der Waals surface area (Å²) in [5.74, 6) is 1.22. The second-order valence-corrected chi connectivity index (χ2v) is 4.07. The van der Waals surface area contributed by atoms with Crippen molar-refractivity contribution in [2.24, 2.45) is 5.92 Å². The molecule has 1 rings (SSSR count). The van der Waals surface area contributed by atoms with Gasteiger partial charge in [-0.3, -0.25) is 4.79 Å². The van der Waals surface area contributed by atoms with Crippen molar-refractivity contribution in [3.05, 3.63) is 30.3 Å². The molecule has 3 heteroatoms. The van der Waals surface area contributed by atoms with Crippen molar-refractivity contribution in [3.8, 4) is 11.5 Å². The van der Waals surface area contributed by atoms with Crippen LogP contribution < -0.4 is 9.47 Å². The fraction of sp³-hybridized carbons (Fsp3) is 0.357. The van der Waals surface area contributed by atoms with E-state index in [0.29, 0.717) is 17.1 Å². The summed E-state index contributed by atoms with van der Waals surface area (Å²) in [6.07, 6.45) is 0. The molecule has 0 fully saturated rings. The molecule has 0 heterocycles. The third-order valence-electron chi connectivity index (χ3n) is 2.55. The Hall–Kier alpha value is -1.77. The zero-order valence-electron chi connectivity index (χ0n) is 10.7. The molecule has 0 aliphatic heterocycles. The van der Waals surface area contributed by atoms with Gasteiger partial charge in [0.05, 0.1) is 14.2 Å². The third kappa shape index (κ3) is 2.87. The Morgan fingerprint density at radius 1 is 1.18 bits per heavy atom. The van der Waals surface area contributed by atoms with Gasteiger partial charge in [-0.25, -0.2) is 0 Å². The minimum atomic E-state index is -0.0596. The number of carbonyl (C=O) groups excluding carboxylic acids is 1. The van der Waals surface area contributed by atoms with Gasteiger partial charge in [-0.2, -0.15) is 0 Å². The van der Waals surface area contributed by atoms with Gasteiger partial charge in [0.25, 0.3) is 0 Å². The van der Waals surface area contributed by atoms with E-state index in [0.717, 1.165) is 5.56 Å². The fourth-order valence-corrected chi connectivity index (χ4v) is 1.51. The summed E-state index contributed by atoms with van der Waals surface area (Å²) in [5, 5.41) is 0. The smallest absolute Gasteiger partial charge is 0.165 e. The molecule has 0 aliphatic carbocycles. The Morgan fingerprint density at radius 3 is 2.24 bits per heavy atom. The third-order valence-corrected chi connectivity index (χ3v) is 2.55. The molecule has 1 aromatic carbocycles. The van der Waals surface area contributed by atoms with Crippen LogP contribution in [-0.4, -0.2) is 20.0 Å². The van der Waals surface area contributed by atoms with E-state index in [9.17, 15) is 4.79 Å². The van der Waals surface area contributed by atoms with Gasteiger partial charge in [-0.05, 0) is 17.7 Å². The van der Waals surface area contributed by atoms with Crippen LogP contribution in [0.25, 0.3) is 5.57 Å². The zero-order chi connectivity index (χ0) is 13.0. The van der Waals surface area contributed by atoms with Crippen molar-refractivity contribution in [3.63, 3.8) is 0 Å². The Morgan fingerprint density at radius 2 is 1.76 bits per heavy atom. The molecule has 0 saturated heterocycles. The fourth-order valence-electron chi connectivity index (χ4n) is 1.51. The van der Waals surface area contributed by atoms with Crippen LogP contribution in [0, 0.1) is 5.92 Å². The summed E-state index contributed by atoms with van der Waals surface area (Å²) in [4.78, 5) is 11.8. The van der Waals surface area contributed by atoms with E-state index in [1.807, 2.05) is 19.9 Å². The Bertz CT molecular complexity index is 433. The Balaban J connectivity index is 3.08. The number of hydrogen-bond acceptors (Lipinski definition) is 3. The van der Waals surface area contributed by atoms with E-state index in [-0.39, 0.29) is 11.7 Å². The SMILES string of the molecule is C=C(C(=O)C(C)C)c1ccc(OC)c(OC)c1. The number of hydrogen-bond donors (Lipinski definition) is 0. The number of carbonyl (C=O) groups is 1. The van der Waals surface area contributed by atoms with Crippen molar-refractivity contribution in [2.45, 2.75) is 13.8 Å². The van der Waals surface area contributed by atoms with Gasteiger partial charge < -0.3 is 9.47 Å². The minimum absolute atomic E-state index is 0.0391. The zero-order valence-corrected chi connectivity index (χ0v) is 10.7. The van der Waals surface area contributed by atoms with Crippen LogP contribution in [0.5, 0.6) is 11.5 Å². The number of Topliss-reactive ketones (excluding diaryl/α,β-unsaturated/α-hetero) is 1. The maximum atomic E-state index is 11.8. The van der Waals surface area contributed by atoms with Crippen LogP contribution >= 0.6 is 0 Å². The van der Waals surface area contributed by atoms with E-state index in [1.165, 1.54) is 0 Å². The average molecular weight is 234 g/mol. The first-order valence-electron chi connectivity index (χ1n) is 5.46. The van der Waals surface area contributed by atoms with Gasteiger partial charge in [0.1, 0.15) is 0 Å². The van der Waals surface area contributed by atoms with Crippen LogP contribution in [0.4, 0.5) is 0 Å². The second-order valence-electron chi connectivity index (χ2n) is 4.07. The highest BCUT2D eigenvalue weighted by Gasteiger charge is 2.15. The average Bonchev–Trinajstić information content (AvgIpc) is 2.35. The summed E-state index contributed by atoms with van der Waals surface area (Å²) < 4.78 is 10.3. The first-order valence-corrected chi connectivity index (χ1v) is 5.46. The number of methoxy groups -OCH3 is 2. The molecule has 0 aliphatic rings. The van der Waals surface area contributed by atoms with E-state index < -0.39 is 0 Å². The van der Waals surface area contributed by atoms with Crippen LogP contribution in [0.15, 0.2) is 24.8 Å². The molecule has 17 heavy (non-hydrogen) atoms. The summed E-state index contributed by atoms with van der Waals surface area (Å²) in [7, 11) is 3.14. The van der Waals surface area contributed by atoms with E-state index in [2.05, 4.69) is 6.58 Å². The van der Waals surface area contributed by atoms with Crippen LogP contribution in [0.3, 0.4) is 0 Å². The number of ether oxygens (including phenoxy) is 2. The van der Waals surface area contributed by atoms with Crippen LogP contribution in [0.1, 0.15) is 19.4 Å². The second kappa shape index (κ2) is 5.53. The predicted molar refractivity (Wildman–Crippen MR) is 68.4 cm³/mol. The molecular weight excluding hydrogens is 216 g/mol. The van der Waals surface area contributed by atoms with Gasteiger partial charge in [0.2, 0.25) is 0 Å². The maximum absolute atomic E-state index is 11.8. The monoisotopic (exact) mass is 234 g/mol. The van der Waals surface area contributed by atoms with E-state index in [1.54, 1.807) is 26.4 Å². The summed E-state index contributed by atoms with van der Waals surface area (Å²) >= 11 is 0. The maximum Gasteiger partial charge on any atom is 0.165 e. The molecule has 0 aromatic heterocycles. The molecular formula is C14H18O3. The molecule has 0 unspecified atom stereocenters. The highest BCUT2D eigenvalue weighted by Crippen LogP contribution is 2.30. The summed E-state index contributed by atoms with van der Waals surface area (Å²) in [5.41, 5.74) is 1.27. The van der Waals surface area contributed by atoms with Crippen molar-refractivity contribution in [1.29, 1.82) is 0 Å². The van der Waals surface area contributed by atoms with Gasteiger partial charge in [0.15, 0.2) is 17.3 Å². The van der Waals surface area contributed by atoms with Crippen molar-refractivity contribution >= 4 is 11.4 Å². The van der Waals surface area contributed by atoms with Gasteiger partial charge in [0, 0.05) is 11.5 Å². The van der Waals surface area contributed by atoms with Gasteiger partial charge in [-0.1, -0.05) is 26.5 Å². The van der Waals surface area contributed by atoms with E-state index >= 15 is 0 Å². The number of rotatable bonds is 5. The number of ketones is 1. The summed E-state index contributed by atoms with van der Waals surface area (Å²) in [6, 6.07) is 5.35. The molecule has 0 spiro atoms. The molecule has 0 N–H and O–H groups in total. The highest BCUT2D eigenvalue weighted by atomic mass is 16.5. The lowest BCUT2D eigenvalue weighted by molar-refractivity contribution is -0.116. The van der Waals surface area contributed by atoms with Crippen molar-refractivity contribution in [2.75, 3.05) is 14.2 Å². The largest absolute Gasteiger partial charge is 0.493 e. The lowest BCUT2D eigenvalue weighted by Crippen LogP contribution is -2.08. The number of allylic oxidation sites excluding steroid dienone is 1. The lowest BCUT2D eigenvalue weighted by Gasteiger charge is -2.11. The first kappa shape index (κ1) is 13.3.